The third kappa shape index (κ3) is 3.39. The maximum absolute atomic E-state index is 12.6. The molecule has 0 aromatic heterocycles. The van der Waals surface area contributed by atoms with Crippen molar-refractivity contribution < 1.29 is 28.6 Å². The van der Waals surface area contributed by atoms with Gasteiger partial charge >= 0.3 is 5.97 Å². The summed E-state index contributed by atoms with van der Waals surface area (Å²) in [5, 5.41) is 2.75. The normalized spacial score (nSPS) is 26.1. The summed E-state index contributed by atoms with van der Waals surface area (Å²) in [7, 11) is 0. The van der Waals surface area contributed by atoms with E-state index in [-0.39, 0.29) is 24.1 Å². The first kappa shape index (κ1) is 18.9. The van der Waals surface area contributed by atoms with E-state index in [4.69, 9.17) is 14.2 Å². The summed E-state index contributed by atoms with van der Waals surface area (Å²) in [6.45, 7) is 3.97. The van der Waals surface area contributed by atoms with Crippen LogP contribution < -0.4 is 14.8 Å². The first-order valence-corrected chi connectivity index (χ1v) is 10.2. The molecule has 0 bridgehead atoms. The van der Waals surface area contributed by atoms with Crippen LogP contribution in [0.5, 0.6) is 11.5 Å². The third-order valence-electron chi connectivity index (χ3n) is 5.28. The number of rotatable bonds is 5. The van der Waals surface area contributed by atoms with Crippen LogP contribution in [0.25, 0.3) is 0 Å². The minimum Gasteiger partial charge on any atom is -0.454 e. The van der Waals surface area contributed by atoms with E-state index in [1.165, 1.54) is 6.92 Å². The average Bonchev–Trinajstić information content (AvgIpc) is 3.34. The highest BCUT2D eigenvalue weighted by Gasteiger charge is 2.53. The number of hydrogen-bond acceptors (Lipinski definition) is 7. The molecule has 2 amide bonds. The van der Waals surface area contributed by atoms with Gasteiger partial charge in [-0.2, -0.15) is 0 Å². The Kier molecular flexibility index (Phi) is 4.86. The van der Waals surface area contributed by atoms with Crippen LogP contribution in [0.4, 0.5) is 0 Å². The van der Waals surface area contributed by atoms with Gasteiger partial charge in [-0.1, -0.05) is 6.07 Å². The minimum absolute atomic E-state index is 0.0330. The number of carbonyl (C=O) groups is 3. The maximum Gasteiger partial charge on any atom is 0.330 e. The molecule has 3 atom stereocenters. The minimum atomic E-state index is -0.948. The summed E-state index contributed by atoms with van der Waals surface area (Å²) in [4.78, 5) is 38.3. The Labute approximate surface area is 166 Å². The van der Waals surface area contributed by atoms with Crippen LogP contribution in [0.2, 0.25) is 0 Å². The second-order valence-electron chi connectivity index (χ2n) is 7.25. The molecule has 1 N–H and O–H groups in total. The van der Waals surface area contributed by atoms with Gasteiger partial charge in [0.2, 0.25) is 12.7 Å². The summed E-state index contributed by atoms with van der Waals surface area (Å²) in [6, 6.07) is 4.79. The van der Waals surface area contributed by atoms with E-state index in [2.05, 4.69) is 5.32 Å². The Morgan fingerprint density at radius 1 is 1.39 bits per heavy atom. The molecule has 1 aromatic carbocycles. The van der Waals surface area contributed by atoms with E-state index in [1.54, 1.807) is 28.8 Å². The average molecular weight is 406 g/mol. The number of hydrogen-bond donors (Lipinski definition) is 1. The first-order valence-electron chi connectivity index (χ1n) is 9.20. The van der Waals surface area contributed by atoms with Crippen LogP contribution in [-0.2, 0) is 25.7 Å². The fourth-order valence-corrected chi connectivity index (χ4v) is 5.10. The van der Waals surface area contributed by atoms with Gasteiger partial charge in [0.25, 0.3) is 5.91 Å². The zero-order chi connectivity index (χ0) is 19.9. The third-order valence-corrected chi connectivity index (χ3v) is 6.79. The summed E-state index contributed by atoms with van der Waals surface area (Å²) in [5.74, 6) is 0.851. The molecular formula is C19H22N2O6S. The lowest BCUT2D eigenvalue weighted by molar-refractivity contribution is -0.161. The molecule has 0 spiro atoms. The molecule has 9 heteroatoms. The SMILES string of the molecule is C[C@@H](OC(=O)[C@@H]1CS[C@@]2(C)CCC(=O)N12)C(=O)NCc1ccc2c(c1)OCO2. The van der Waals surface area contributed by atoms with Crippen LogP contribution in [0, 0.1) is 0 Å². The zero-order valence-electron chi connectivity index (χ0n) is 15.7. The monoisotopic (exact) mass is 406 g/mol. The lowest BCUT2D eigenvalue weighted by Crippen LogP contribution is -2.48. The topological polar surface area (TPSA) is 94.2 Å². The largest absolute Gasteiger partial charge is 0.454 e. The molecule has 8 nitrogen and oxygen atoms in total. The highest BCUT2D eigenvalue weighted by atomic mass is 32.2. The van der Waals surface area contributed by atoms with Crippen LogP contribution in [0.15, 0.2) is 18.2 Å². The number of benzene rings is 1. The van der Waals surface area contributed by atoms with Gasteiger partial charge in [-0.15, -0.1) is 11.8 Å². The summed E-state index contributed by atoms with van der Waals surface area (Å²) in [5.41, 5.74) is 0.849. The lowest BCUT2D eigenvalue weighted by atomic mass is 10.2. The molecule has 3 aliphatic rings. The molecule has 4 rings (SSSR count). The van der Waals surface area contributed by atoms with Crippen molar-refractivity contribution in [1.29, 1.82) is 0 Å². The van der Waals surface area contributed by atoms with Crippen LogP contribution in [0.3, 0.4) is 0 Å². The molecular weight excluding hydrogens is 384 g/mol. The van der Waals surface area contributed by atoms with E-state index in [0.717, 1.165) is 12.0 Å². The number of amides is 2. The van der Waals surface area contributed by atoms with Crippen molar-refractivity contribution in [2.75, 3.05) is 12.5 Å². The van der Waals surface area contributed by atoms with Gasteiger partial charge in [0.15, 0.2) is 17.6 Å². The Morgan fingerprint density at radius 2 is 2.18 bits per heavy atom. The van der Waals surface area contributed by atoms with Gasteiger partial charge in [-0.3, -0.25) is 9.59 Å². The molecule has 3 aliphatic heterocycles. The Bertz CT molecular complexity index is 831. The van der Waals surface area contributed by atoms with E-state index < -0.39 is 24.0 Å². The number of esters is 1. The predicted octanol–water partition coefficient (Wildman–Crippen LogP) is 1.42. The number of nitrogens with one attached hydrogen (secondary N) is 1. The van der Waals surface area contributed by atoms with Crippen LogP contribution in [-0.4, -0.2) is 52.2 Å². The quantitative estimate of drug-likeness (QED) is 0.739. The van der Waals surface area contributed by atoms with Gasteiger partial charge in [0, 0.05) is 18.7 Å². The maximum atomic E-state index is 12.6. The summed E-state index contributed by atoms with van der Waals surface area (Å²) >= 11 is 1.59. The number of fused-ring (bicyclic) bond motifs is 2. The van der Waals surface area contributed by atoms with Gasteiger partial charge in [-0.25, -0.2) is 4.79 Å². The molecule has 0 aliphatic carbocycles. The van der Waals surface area contributed by atoms with Crippen LogP contribution in [0.1, 0.15) is 32.3 Å². The van der Waals surface area contributed by atoms with Crippen molar-refractivity contribution in [1.82, 2.24) is 10.2 Å². The second-order valence-corrected chi connectivity index (χ2v) is 8.75. The van der Waals surface area contributed by atoms with Crippen molar-refractivity contribution >= 4 is 29.5 Å². The van der Waals surface area contributed by atoms with Gasteiger partial charge in [0.05, 0.1) is 4.87 Å². The molecule has 2 fully saturated rings. The van der Waals surface area contributed by atoms with Crippen molar-refractivity contribution in [3.63, 3.8) is 0 Å². The molecule has 150 valence electrons. The fraction of sp³-hybridized carbons (Fsp3) is 0.526. The Balaban J connectivity index is 1.31. The molecule has 2 saturated heterocycles. The standard InChI is InChI=1S/C19H22N2O6S/c1-11(17(23)20-8-12-3-4-14-15(7-12)26-10-25-14)27-18(24)13-9-28-19(2)6-5-16(22)21(13)19/h3-4,7,11,13H,5-6,8-10H2,1-2H3,(H,20,23)/t11-,13+,19+/m1/s1. The van der Waals surface area contributed by atoms with Crippen molar-refractivity contribution in [2.45, 2.75) is 50.3 Å². The number of carbonyl (C=O) groups excluding carboxylic acids is 3. The number of ether oxygens (including phenoxy) is 3. The molecule has 3 heterocycles. The van der Waals surface area contributed by atoms with E-state index >= 15 is 0 Å². The summed E-state index contributed by atoms with van der Waals surface area (Å²) < 4.78 is 15.9. The number of nitrogens with zero attached hydrogens (tertiary/aromatic N) is 1. The van der Waals surface area contributed by atoms with Crippen molar-refractivity contribution in [3.8, 4) is 11.5 Å². The van der Waals surface area contributed by atoms with Crippen molar-refractivity contribution in [2.24, 2.45) is 0 Å². The molecule has 1 aromatic rings. The first-order chi connectivity index (χ1) is 13.4. The second kappa shape index (κ2) is 7.20. The van der Waals surface area contributed by atoms with E-state index in [1.807, 2.05) is 13.0 Å². The fourth-order valence-electron chi connectivity index (χ4n) is 3.69. The Morgan fingerprint density at radius 3 is 3.00 bits per heavy atom. The van der Waals surface area contributed by atoms with E-state index in [9.17, 15) is 14.4 Å². The molecule has 28 heavy (non-hydrogen) atoms. The predicted molar refractivity (Wildman–Crippen MR) is 101 cm³/mol. The highest BCUT2D eigenvalue weighted by Crippen LogP contribution is 2.47. The Hall–Kier alpha value is -2.42. The van der Waals surface area contributed by atoms with Crippen molar-refractivity contribution in [3.05, 3.63) is 23.8 Å². The molecule has 0 radical (unpaired) electrons. The number of thioether (sulfide) groups is 1. The lowest BCUT2D eigenvalue weighted by Gasteiger charge is -2.29. The van der Waals surface area contributed by atoms with Gasteiger partial charge in [0.1, 0.15) is 6.04 Å². The highest BCUT2D eigenvalue weighted by molar-refractivity contribution is 8.01. The van der Waals surface area contributed by atoms with Gasteiger partial charge < -0.3 is 24.4 Å². The van der Waals surface area contributed by atoms with Gasteiger partial charge in [-0.05, 0) is 38.0 Å². The smallest absolute Gasteiger partial charge is 0.330 e. The molecule has 0 unspecified atom stereocenters. The molecule has 0 saturated carbocycles. The zero-order valence-corrected chi connectivity index (χ0v) is 16.5. The van der Waals surface area contributed by atoms with Crippen LogP contribution >= 0.6 is 11.8 Å². The summed E-state index contributed by atoms with van der Waals surface area (Å²) in [6.07, 6.45) is 0.223. The van der Waals surface area contributed by atoms with E-state index in [0.29, 0.717) is 23.7 Å².